The molecule has 32 heavy (non-hydrogen) atoms. The number of fused-ring (bicyclic) bond motifs is 2. The normalized spacial score (nSPS) is 11.4. The fourth-order valence-electron chi connectivity index (χ4n) is 3.27. The predicted molar refractivity (Wildman–Crippen MR) is 129 cm³/mol. The van der Waals surface area contributed by atoms with Gasteiger partial charge in [0, 0.05) is 35.3 Å². The molecule has 4 rings (SSSR count). The van der Waals surface area contributed by atoms with Crippen molar-refractivity contribution < 1.29 is 14.5 Å². The van der Waals surface area contributed by atoms with Gasteiger partial charge < -0.3 is 9.64 Å². The van der Waals surface area contributed by atoms with E-state index < -0.39 is 4.92 Å². The van der Waals surface area contributed by atoms with Gasteiger partial charge in [0.1, 0.15) is 11.3 Å². The minimum atomic E-state index is -0.431. The topological polar surface area (TPSA) is 88.8 Å². The average molecular weight is 471 g/mol. The van der Waals surface area contributed by atoms with Crippen molar-refractivity contribution in [3.8, 4) is 5.75 Å². The van der Waals surface area contributed by atoms with E-state index >= 15 is 0 Å². The lowest BCUT2D eigenvalue weighted by Crippen LogP contribution is -2.36. The summed E-state index contributed by atoms with van der Waals surface area (Å²) in [5.41, 5.74) is 0.748. The summed E-state index contributed by atoms with van der Waals surface area (Å²) in [6.45, 7) is 3.58. The van der Waals surface area contributed by atoms with Gasteiger partial charge in [-0.05, 0) is 45.3 Å². The van der Waals surface area contributed by atoms with Crippen LogP contribution in [0.1, 0.15) is 16.6 Å². The number of nitro groups is 1. The van der Waals surface area contributed by atoms with E-state index in [1.54, 1.807) is 17.0 Å². The second-order valence-electron chi connectivity index (χ2n) is 7.38. The molecule has 4 aromatic rings. The molecule has 0 saturated heterocycles. The number of hydrogen-bond acceptors (Lipinski definition) is 8. The molecule has 2 heterocycles. The highest BCUT2D eigenvalue weighted by atomic mass is 32.1. The Balaban J connectivity index is 1.74. The van der Waals surface area contributed by atoms with Crippen molar-refractivity contribution in [3.63, 3.8) is 0 Å². The number of nitro benzene ring substituents is 1. The van der Waals surface area contributed by atoms with Crippen molar-refractivity contribution >= 4 is 59.7 Å². The van der Waals surface area contributed by atoms with Crippen LogP contribution in [0.4, 0.5) is 10.8 Å². The Morgan fingerprint density at radius 1 is 1.12 bits per heavy atom. The molecule has 1 amide bonds. The number of nitrogens with zero attached hydrogens (tertiary/aromatic N) is 4. The van der Waals surface area contributed by atoms with Gasteiger partial charge in [0.25, 0.3) is 11.6 Å². The zero-order chi connectivity index (χ0) is 22.8. The first-order chi connectivity index (χ1) is 15.4. The van der Waals surface area contributed by atoms with Gasteiger partial charge in [0.05, 0.1) is 21.1 Å². The monoisotopic (exact) mass is 470 g/mol. The molecule has 2 aromatic carbocycles. The Morgan fingerprint density at radius 2 is 1.94 bits per heavy atom. The number of likely N-dealkylation sites (N-methyl/N-ethyl adjacent to an activating group) is 1. The summed E-state index contributed by atoms with van der Waals surface area (Å²) in [4.78, 5) is 33.2. The highest BCUT2D eigenvalue weighted by molar-refractivity contribution is 7.23. The fourth-order valence-corrected chi connectivity index (χ4v) is 5.27. The number of carbonyl (C=O) groups is 1. The van der Waals surface area contributed by atoms with Crippen molar-refractivity contribution in [3.05, 3.63) is 57.5 Å². The number of amides is 1. The third kappa shape index (κ3) is 4.43. The van der Waals surface area contributed by atoms with Gasteiger partial charge in [-0.25, -0.2) is 4.98 Å². The van der Waals surface area contributed by atoms with Gasteiger partial charge in [-0.15, -0.1) is 11.3 Å². The lowest BCUT2D eigenvalue weighted by molar-refractivity contribution is -0.384. The maximum Gasteiger partial charge on any atom is 0.270 e. The number of carbonyl (C=O) groups excluding carboxylic acids is 1. The van der Waals surface area contributed by atoms with Gasteiger partial charge >= 0.3 is 0 Å². The van der Waals surface area contributed by atoms with E-state index in [0.717, 1.165) is 14.9 Å². The van der Waals surface area contributed by atoms with E-state index in [1.165, 1.54) is 34.8 Å². The minimum absolute atomic E-state index is 0.00777. The number of thiazole rings is 1. The Bertz CT molecular complexity index is 1300. The first kappa shape index (κ1) is 22.1. The molecule has 0 fully saturated rings. The number of ether oxygens (including phenoxy) is 1. The third-order valence-corrected chi connectivity index (χ3v) is 6.99. The molecule has 0 spiro atoms. The molecule has 0 N–H and O–H groups in total. The number of anilines is 1. The van der Waals surface area contributed by atoms with Crippen molar-refractivity contribution in [2.45, 2.75) is 6.92 Å². The van der Waals surface area contributed by atoms with E-state index in [1.807, 2.05) is 44.1 Å². The Labute approximate surface area is 192 Å². The number of para-hydroxylation sites is 1. The molecule has 2 aromatic heterocycles. The molecule has 10 heteroatoms. The molecule has 0 aliphatic rings. The van der Waals surface area contributed by atoms with Crippen LogP contribution < -0.4 is 9.64 Å². The third-order valence-electron chi connectivity index (χ3n) is 4.84. The molecular weight excluding hydrogens is 448 g/mol. The summed E-state index contributed by atoms with van der Waals surface area (Å²) in [5.74, 6) is 0.523. The lowest BCUT2D eigenvalue weighted by Gasteiger charge is -2.21. The molecule has 0 bridgehead atoms. The number of benzene rings is 2. The van der Waals surface area contributed by atoms with Crippen LogP contribution in [0.3, 0.4) is 0 Å². The number of rotatable bonds is 8. The summed E-state index contributed by atoms with van der Waals surface area (Å²) in [6, 6.07) is 12.1. The second kappa shape index (κ2) is 9.19. The maximum absolute atomic E-state index is 13.6. The number of aromatic nitrogens is 1. The molecule has 0 saturated carbocycles. The first-order valence-electron chi connectivity index (χ1n) is 10.0. The van der Waals surface area contributed by atoms with E-state index in [9.17, 15) is 14.9 Å². The number of hydrogen-bond donors (Lipinski definition) is 0. The molecule has 0 atom stereocenters. The molecule has 0 aliphatic heterocycles. The molecular formula is C22H22N4O4S2. The van der Waals surface area contributed by atoms with Gasteiger partial charge in [0.2, 0.25) is 0 Å². The SMILES string of the molecule is CCOc1cccc2sc(N(CCN(C)C)C(=O)c3cc4cc([N+](=O)[O-])ccc4s3)nc12. The standard InChI is InChI=1S/C22H22N4O4S2/c1-4-30-16-6-5-7-18-20(16)23-22(32-18)25(11-10-24(2)3)21(27)19-13-14-12-15(26(28)29)8-9-17(14)31-19/h5-9,12-13H,4,10-11H2,1-3H3. The van der Waals surface area contributed by atoms with Crippen molar-refractivity contribution in [1.29, 1.82) is 0 Å². The fraction of sp³-hybridized carbons (Fsp3) is 0.273. The quantitative estimate of drug-likeness (QED) is 0.265. The smallest absolute Gasteiger partial charge is 0.270 e. The number of non-ortho nitro benzene ring substituents is 1. The largest absolute Gasteiger partial charge is 0.492 e. The van der Waals surface area contributed by atoms with E-state index in [-0.39, 0.29) is 11.6 Å². The minimum Gasteiger partial charge on any atom is -0.492 e. The van der Waals surface area contributed by atoms with Crippen LogP contribution in [-0.2, 0) is 0 Å². The van der Waals surface area contributed by atoms with Crippen LogP contribution in [-0.4, -0.2) is 54.5 Å². The molecule has 0 aliphatic carbocycles. The number of thiophene rings is 1. The first-order valence-corrected chi connectivity index (χ1v) is 11.7. The van der Waals surface area contributed by atoms with Crippen LogP contribution in [0, 0.1) is 10.1 Å². The Kier molecular flexibility index (Phi) is 6.35. The van der Waals surface area contributed by atoms with Crippen LogP contribution >= 0.6 is 22.7 Å². The summed E-state index contributed by atoms with van der Waals surface area (Å²) < 4.78 is 7.48. The van der Waals surface area contributed by atoms with Crippen LogP contribution in [0.15, 0.2) is 42.5 Å². The van der Waals surface area contributed by atoms with Crippen LogP contribution in [0.2, 0.25) is 0 Å². The molecule has 8 nitrogen and oxygen atoms in total. The highest BCUT2D eigenvalue weighted by Gasteiger charge is 2.24. The van der Waals surface area contributed by atoms with Gasteiger partial charge in [0.15, 0.2) is 5.13 Å². The van der Waals surface area contributed by atoms with Crippen molar-refractivity contribution in [2.75, 3.05) is 38.7 Å². The van der Waals surface area contributed by atoms with Gasteiger partial charge in [-0.2, -0.15) is 0 Å². The van der Waals surface area contributed by atoms with Crippen molar-refractivity contribution in [2.24, 2.45) is 0 Å². The predicted octanol–water partition coefficient (Wildman–Crippen LogP) is 5.03. The molecule has 166 valence electrons. The van der Waals surface area contributed by atoms with Gasteiger partial charge in [-0.3, -0.25) is 19.8 Å². The Hall–Kier alpha value is -3.08. The van der Waals surface area contributed by atoms with E-state index in [0.29, 0.717) is 40.8 Å². The summed E-state index contributed by atoms with van der Waals surface area (Å²) in [7, 11) is 3.90. The molecule has 0 radical (unpaired) electrons. The second-order valence-corrected chi connectivity index (χ2v) is 9.48. The molecule has 0 unspecified atom stereocenters. The Morgan fingerprint density at radius 3 is 2.66 bits per heavy atom. The van der Waals surface area contributed by atoms with Crippen molar-refractivity contribution in [1.82, 2.24) is 9.88 Å². The van der Waals surface area contributed by atoms with Crippen LogP contribution in [0.5, 0.6) is 5.75 Å². The van der Waals surface area contributed by atoms with Crippen LogP contribution in [0.25, 0.3) is 20.3 Å². The summed E-state index contributed by atoms with van der Waals surface area (Å²) >= 11 is 2.77. The zero-order valence-corrected chi connectivity index (χ0v) is 19.5. The van der Waals surface area contributed by atoms with E-state index in [4.69, 9.17) is 9.72 Å². The maximum atomic E-state index is 13.6. The summed E-state index contributed by atoms with van der Waals surface area (Å²) in [5, 5.41) is 12.4. The zero-order valence-electron chi connectivity index (χ0n) is 17.9. The lowest BCUT2D eigenvalue weighted by atomic mass is 10.2. The van der Waals surface area contributed by atoms with E-state index in [2.05, 4.69) is 0 Å². The average Bonchev–Trinajstić information content (AvgIpc) is 3.38. The van der Waals surface area contributed by atoms with Gasteiger partial charge in [-0.1, -0.05) is 17.4 Å². The summed E-state index contributed by atoms with van der Waals surface area (Å²) in [6.07, 6.45) is 0. The highest BCUT2D eigenvalue weighted by Crippen LogP contribution is 2.36.